The fourth-order valence-electron chi connectivity index (χ4n) is 0.807. The third-order valence-corrected chi connectivity index (χ3v) is 2.26. The Balaban J connectivity index is 4.17. The van der Waals surface area contributed by atoms with Gasteiger partial charge in [0.2, 0.25) is 0 Å². The molecular formula is C9H12BrF3O4. The molecule has 0 aromatic heterocycles. The van der Waals surface area contributed by atoms with Crippen molar-refractivity contribution in [1.82, 2.24) is 0 Å². The summed E-state index contributed by atoms with van der Waals surface area (Å²) in [6, 6.07) is 0. The minimum Gasteiger partial charge on any atom is -0.466 e. The van der Waals surface area contributed by atoms with Gasteiger partial charge in [-0.3, -0.25) is 4.79 Å². The first-order chi connectivity index (χ1) is 7.81. The van der Waals surface area contributed by atoms with Gasteiger partial charge in [0.15, 0.2) is 0 Å². The topological polar surface area (TPSA) is 52.6 Å². The molecule has 0 saturated heterocycles. The number of hydrogen-bond acceptors (Lipinski definition) is 4. The Kier molecular flexibility index (Phi) is 7.17. The summed E-state index contributed by atoms with van der Waals surface area (Å²) < 4.78 is 44.4. The number of rotatable bonds is 6. The van der Waals surface area contributed by atoms with E-state index in [0.29, 0.717) is 6.42 Å². The molecule has 0 aliphatic heterocycles. The molecule has 17 heavy (non-hydrogen) atoms. The van der Waals surface area contributed by atoms with Crippen molar-refractivity contribution in [2.45, 2.75) is 32.0 Å². The van der Waals surface area contributed by atoms with Gasteiger partial charge in [0.05, 0.1) is 13.0 Å². The van der Waals surface area contributed by atoms with Gasteiger partial charge >= 0.3 is 18.1 Å². The zero-order valence-electron chi connectivity index (χ0n) is 9.05. The molecule has 0 aromatic rings. The molecule has 0 amide bonds. The molecule has 0 spiro atoms. The van der Waals surface area contributed by atoms with Crippen LogP contribution in [0.4, 0.5) is 13.2 Å². The monoisotopic (exact) mass is 320 g/mol. The smallest absolute Gasteiger partial charge is 0.466 e. The van der Waals surface area contributed by atoms with Crippen molar-refractivity contribution in [3.63, 3.8) is 0 Å². The molecule has 0 fully saturated rings. The predicted molar refractivity (Wildman–Crippen MR) is 55.6 cm³/mol. The zero-order valence-corrected chi connectivity index (χ0v) is 10.6. The van der Waals surface area contributed by atoms with Crippen LogP contribution in [0, 0.1) is 0 Å². The molecular weight excluding hydrogens is 309 g/mol. The third kappa shape index (κ3) is 7.19. The van der Waals surface area contributed by atoms with Crippen molar-refractivity contribution < 1.29 is 32.2 Å². The van der Waals surface area contributed by atoms with Gasteiger partial charge in [-0.2, -0.15) is 13.2 Å². The molecule has 0 heterocycles. The Bertz CT molecular complexity index is 267. The molecule has 0 aliphatic carbocycles. The maximum absolute atomic E-state index is 11.9. The highest BCUT2D eigenvalue weighted by atomic mass is 79.9. The lowest BCUT2D eigenvalue weighted by Gasteiger charge is -2.15. The molecule has 0 rings (SSSR count). The van der Waals surface area contributed by atoms with E-state index in [-0.39, 0.29) is 11.9 Å². The second-order valence-corrected chi connectivity index (χ2v) is 3.75. The Hall–Kier alpha value is -0.790. The van der Waals surface area contributed by atoms with Crippen molar-refractivity contribution in [1.29, 1.82) is 0 Å². The van der Waals surface area contributed by atoms with Crippen LogP contribution in [0.2, 0.25) is 0 Å². The van der Waals surface area contributed by atoms with Gasteiger partial charge in [0.1, 0.15) is 6.10 Å². The lowest BCUT2D eigenvalue weighted by molar-refractivity contribution is -0.204. The molecule has 1 atom stereocenters. The molecule has 0 N–H and O–H groups in total. The van der Waals surface area contributed by atoms with E-state index in [2.05, 4.69) is 25.4 Å². The average Bonchev–Trinajstić information content (AvgIpc) is 2.23. The number of ether oxygens (including phenoxy) is 2. The molecule has 0 saturated carbocycles. The lowest BCUT2D eigenvalue weighted by Crippen LogP contribution is -2.32. The summed E-state index contributed by atoms with van der Waals surface area (Å²) in [6.07, 6.45) is -6.05. The summed E-state index contributed by atoms with van der Waals surface area (Å²) in [5.74, 6) is -3.02. The van der Waals surface area contributed by atoms with Gasteiger partial charge in [-0.15, -0.1) is 0 Å². The van der Waals surface area contributed by atoms with Gasteiger partial charge in [-0.05, 0) is 6.42 Å². The number of alkyl halides is 4. The summed E-state index contributed by atoms with van der Waals surface area (Å²) in [5, 5.41) is -0.0734. The first kappa shape index (κ1) is 16.2. The maximum Gasteiger partial charge on any atom is 0.490 e. The van der Waals surface area contributed by atoms with Crippen LogP contribution < -0.4 is 0 Å². The van der Waals surface area contributed by atoms with E-state index in [9.17, 15) is 22.8 Å². The van der Waals surface area contributed by atoms with E-state index >= 15 is 0 Å². The Morgan fingerprint density at radius 3 is 2.35 bits per heavy atom. The summed E-state index contributed by atoms with van der Waals surface area (Å²) in [5.41, 5.74) is 0. The number of hydrogen-bond donors (Lipinski definition) is 0. The second-order valence-electron chi connectivity index (χ2n) is 3.10. The highest BCUT2D eigenvalue weighted by molar-refractivity contribution is 9.09. The van der Waals surface area contributed by atoms with E-state index < -0.39 is 30.6 Å². The van der Waals surface area contributed by atoms with E-state index in [4.69, 9.17) is 0 Å². The fourth-order valence-corrected chi connectivity index (χ4v) is 1.17. The summed E-state index contributed by atoms with van der Waals surface area (Å²) in [4.78, 5) is 21.6. The van der Waals surface area contributed by atoms with E-state index in [1.165, 1.54) is 0 Å². The van der Waals surface area contributed by atoms with Crippen molar-refractivity contribution in [2.75, 3.05) is 11.9 Å². The fraction of sp³-hybridized carbons (Fsp3) is 0.778. The summed E-state index contributed by atoms with van der Waals surface area (Å²) in [7, 11) is 0. The Morgan fingerprint density at radius 2 is 1.94 bits per heavy atom. The Labute approximate surface area is 105 Å². The van der Waals surface area contributed by atoms with Crippen LogP contribution >= 0.6 is 15.9 Å². The van der Waals surface area contributed by atoms with Gasteiger partial charge < -0.3 is 9.47 Å². The largest absolute Gasteiger partial charge is 0.490 e. The third-order valence-electron chi connectivity index (χ3n) is 1.54. The van der Waals surface area contributed by atoms with E-state index in [1.54, 1.807) is 6.92 Å². The molecule has 1 unspecified atom stereocenters. The standard InChI is InChI=1S/C9H12BrF3O4/c1-2-3-16-7(14)4-6(5-10)17-8(15)9(11,12)13/h6H,2-5H2,1H3. The molecule has 0 aliphatic rings. The van der Waals surface area contributed by atoms with E-state index in [1.807, 2.05) is 0 Å². The number of halogens is 4. The van der Waals surface area contributed by atoms with Crippen LogP contribution in [0.1, 0.15) is 19.8 Å². The molecule has 0 radical (unpaired) electrons. The maximum atomic E-state index is 11.9. The molecule has 100 valence electrons. The minimum absolute atomic E-state index is 0.0734. The van der Waals surface area contributed by atoms with E-state index in [0.717, 1.165) is 0 Å². The molecule has 4 nitrogen and oxygen atoms in total. The van der Waals surface area contributed by atoms with Crippen LogP contribution in [0.25, 0.3) is 0 Å². The SMILES string of the molecule is CCCOC(=O)CC(CBr)OC(=O)C(F)(F)F. The van der Waals surface area contributed by atoms with Crippen molar-refractivity contribution in [2.24, 2.45) is 0 Å². The van der Waals surface area contributed by atoms with Gasteiger partial charge in [-0.25, -0.2) is 4.79 Å². The molecule has 0 bridgehead atoms. The van der Waals surface area contributed by atoms with Crippen LogP contribution in [0.15, 0.2) is 0 Å². The van der Waals surface area contributed by atoms with Crippen molar-refractivity contribution in [3.8, 4) is 0 Å². The Morgan fingerprint density at radius 1 is 1.35 bits per heavy atom. The van der Waals surface area contributed by atoms with Gasteiger partial charge in [0.25, 0.3) is 0 Å². The normalized spacial score (nSPS) is 13.0. The predicted octanol–water partition coefficient (Wildman–Crippen LogP) is 2.20. The number of carbonyl (C=O) groups is 2. The quantitative estimate of drug-likeness (QED) is 0.556. The van der Waals surface area contributed by atoms with Crippen molar-refractivity contribution in [3.05, 3.63) is 0 Å². The number of carbonyl (C=O) groups excluding carboxylic acids is 2. The zero-order chi connectivity index (χ0) is 13.5. The van der Waals surface area contributed by atoms with Crippen LogP contribution in [-0.4, -0.2) is 36.2 Å². The lowest BCUT2D eigenvalue weighted by atomic mass is 10.3. The van der Waals surface area contributed by atoms with Crippen LogP contribution in [-0.2, 0) is 19.1 Å². The first-order valence-electron chi connectivity index (χ1n) is 4.80. The van der Waals surface area contributed by atoms with Gasteiger partial charge in [-0.1, -0.05) is 22.9 Å². The second kappa shape index (κ2) is 7.52. The van der Waals surface area contributed by atoms with Crippen LogP contribution in [0.5, 0.6) is 0 Å². The highest BCUT2D eigenvalue weighted by Crippen LogP contribution is 2.19. The highest BCUT2D eigenvalue weighted by Gasteiger charge is 2.42. The summed E-state index contributed by atoms with van der Waals surface area (Å²) in [6.45, 7) is 1.96. The first-order valence-corrected chi connectivity index (χ1v) is 5.92. The van der Waals surface area contributed by atoms with Crippen molar-refractivity contribution >= 4 is 27.9 Å². The average molecular weight is 321 g/mol. The number of esters is 2. The molecule has 8 heteroatoms. The summed E-state index contributed by atoms with van der Waals surface area (Å²) >= 11 is 2.86. The van der Waals surface area contributed by atoms with Crippen LogP contribution in [0.3, 0.4) is 0 Å². The van der Waals surface area contributed by atoms with Gasteiger partial charge in [0, 0.05) is 5.33 Å². The molecule has 0 aromatic carbocycles. The minimum atomic E-state index is -5.06.